The minimum atomic E-state index is -0.0444. The third kappa shape index (κ3) is 6.21. The van der Waals surface area contributed by atoms with Crippen LogP contribution in [0.2, 0.25) is 0 Å². The molecule has 2 aromatic heterocycles. The van der Waals surface area contributed by atoms with Gasteiger partial charge in [0.25, 0.3) is 0 Å². The number of hydrogen-bond acceptors (Lipinski definition) is 5. The Balaban J connectivity index is 1.61. The maximum Gasteiger partial charge on any atom is 0.213 e. The van der Waals surface area contributed by atoms with E-state index in [0.29, 0.717) is 19.0 Å². The summed E-state index contributed by atoms with van der Waals surface area (Å²) in [6.45, 7) is 12.5. The molecule has 0 saturated carbocycles. The van der Waals surface area contributed by atoms with Crippen LogP contribution in [0.3, 0.4) is 0 Å². The monoisotopic (exact) mass is 398 g/mol. The summed E-state index contributed by atoms with van der Waals surface area (Å²) >= 11 is 0. The van der Waals surface area contributed by atoms with Crippen LogP contribution in [0, 0.1) is 0 Å². The van der Waals surface area contributed by atoms with Gasteiger partial charge in [-0.25, -0.2) is 15.0 Å². The summed E-state index contributed by atoms with van der Waals surface area (Å²) in [7, 11) is 0. The fourth-order valence-electron chi connectivity index (χ4n) is 3.27. The Bertz CT molecular complexity index is 802. The Morgan fingerprint density at radius 2 is 1.97 bits per heavy atom. The predicted octanol–water partition coefficient (Wildman–Crippen LogP) is 3.61. The van der Waals surface area contributed by atoms with E-state index in [1.54, 1.807) is 6.20 Å². The van der Waals surface area contributed by atoms with Gasteiger partial charge in [-0.15, -0.1) is 0 Å². The van der Waals surface area contributed by atoms with Crippen LogP contribution in [0.5, 0.6) is 0 Å². The highest BCUT2D eigenvalue weighted by molar-refractivity contribution is 5.79. The average molecular weight is 399 g/mol. The Morgan fingerprint density at radius 1 is 1.17 bits per heavy atom. The lowest BCUT2D eigenvalue weighted by molar-refractivity contribution is 0.379. The zero-order valence-electron chi connectivity index (χ0n) is 18.2. The zero-order valence-corrected chi connectivity index (χ0v) is 18.2. The molecule has 7 nitrogen and oxygen atoms in total. The molecule has 0 radical (unpaired) electrons. The second-order valence-corrected chi connectivity index (χ2v) is 8.49. The Kier molecular flexibility index (Phi) is 7.12. The van der Waals surface area contributed by atoms with E-state index in [9.17, 15) is 0 Å². The van der Waals surface area contributed by atoms with E-state index in [1.165, 1.54) is 19.3 Å². The molecule has 2 N–H and O–H groups in total. The van der Waals surface area contributed by atoms with E-state index >= 15 is 0 Å². The molecule has 0 amide bonds. The van der Waals surface area contributed by atoms with Crippen LogP contribution >= 0.6 is 0 Å². The second-order valence-electron chi connectivity index (χ2n) is 8.49. The van der Waals surface area contributed by atoms with Gasteiger partial charge in [-0.2, -0.15) is 0 Å². The SMILES string of the molecule is CCNC(=NCc1ccnc(N2CCCCC2)c1)NCc1ncc(C(C)(C)C)o1. The standard InChI is InChI=1S/C22H34N6O/c1-5-23-21(27-16-20-25-15-18(29-20)22(2,3)4)26-14-17-9-10-24-19(13-17)28-11-7-6-8-12-28/h9-10,13,15H,5-8,11-12,14,16H2,1-4H3,(H2,23,26,27). The number of guanidine groups is 1. The van der Waals surface area contributed by atoms with Gasteiger partial charge in [0, 0.05) is 31.2 Å². The van der Waals surface area contributed by atoms with Crippen LogP contribution in [0.4, 0.5) is 5.82 Å². The van der Waals surface area contributed by atoms with Crippen molar-refractivity contribution in [2.24, 2.45) is 4.99 Å². The molecule has 0 aliphatic carbocycles. The number of hydrogen-bond donors (Lipinski definition) is 2. The molecular weight excluding hydrogens is 364 g/mol. The molecule has 1 aliphatic rings. The largest absolute Gasteiger partial charge is 0.443 e. The zero-order chi connectivity index (χ0) is 20.7. The third-order valence-electron chi connectivity index (χ3n) is 4.95. The first-order valence-electron chi connectivity index (χ1n) is 10.6. The molecule has 2 aromatic rings. The Hall–Kier alpha value is -2.57. The fourth-order valence-corrected chi connectivity index (χ4v) is 3.27. The topological polar surface area (TPSA) is 78.6 Å². The summed E-state index contributed by atoms with van der Waals surface area (Å²) < 4.78 is 5.85. The van der Waals surface area contributed by atoms with E-state index < -0.39 is 0 Å². The summed E-state index contributed by atoms with van der Waals surface area (Å²) in [4.78, 5) is 16.0. The molecular formula is C22H34N6O. The minimum Gasteiger partial charge on any atom is -0.443 e. The number of pyridine rings is 1. The van der Waals surface area contributed by atoms with E-state index in [2.05, 4.69) is 59.3 Å². The van der Waals surface area contributed by atoms with Crippen LogP contribution in [0.25, 0.3) is 0 Å². The lowest BCUT2D eigenvalue weighted by Gasteiger charge is -2.27. The van der Waals surface area contributed by atoms with Gasteiger partial charge in [0.15, 0.2) is 5.96 Å². The first-order chi connectivity index (χ1) is 14.0. The highest BCUT2D eigenvalue weighted by Gasteiger charge is 2.19. The number of rotatable bonds is 6. The summed E-state index contributed by atoms with van der Waals surface area (Å²) in [5.74, 6) is 3.36. The molecule has 3 rings (SSSR count). The van der Waals surface area contributed by atoms with Crippen molar-refractivity contribution in [1.82, 2.24) is 20.6 Å². The molecule has 29 heavy (non-hydrogen) atoms. The van der Waals surface area contributed by atoms with Crippen LogP contribution < -0.4 is 15.5 Å². The molecule has 3 heterocycles. The van der Waals surface area contributed by atoms with Crippen molar-refractivity contribution in [2.75, 3.05) is 24.5 Å². The lowest BCUT2D eigenvalue weighted by Crippen LogP contribution is -2.36. The number of nitrogens with one attached hydrogen (secondary N) is 2. The highest BCUT2D eigenvalue weighted by atomic mass is 16.4. The Labute approximate surface area is 174 Å². The van der Waals surface area contributed by atoms with Gasteiger partial charge in [-0.3, -0.25) is 0 Å². The van der Waals surface area contributed by atoms with Gasteiger partial charge in [0.2, 0.25) is 5.89 Å². The minimum absolute atomic E-state index is 0.0444. The van der Waals surface area contributed by atoms with Crippen molar-refractivity contribution in [3.05, 3.63) is 41.7 Å². The highest BCUT2D eigenvalue weighted by Crippen LogP contribution is 2.22. The smallest absolute Gasteiger partial charge is 0.213 e. The van der Waals surface area contributed by atoms with Gasteiger partial charge in [0.1, 0.15) is 11.6 Å². The summed E-state index contributed by atoms with van der Waals surface area (Å²) in [5, 5.41) is 6.59. The Morgan fingerprint density at radius 3 is 2.66 bits per heavy atom. The molecule has 0 unspecified atom stereocenters. The fraction of sp³-hybridized carbons (Fsp3) is 0.591. The number of nitrogens with zero attached hydrogens (tertiary/aromatic N) is 4. The number of oxazole rings is 1. The lowest BCUT2D eigenvalue weighted by atomic mass is 9.94. The molecule has 0 spiro atoms. The number of anilines is 1. The van der Waals surface area contributed by atoms with Gasteiger partial charge < -0.3 is 20.0 Å². The van der Waals surface area contributed by atoms with Crippen molar-refractivity contribution < 1.29 is 4.42 Å². The molecule has 1 fully saturated rings. The summed E-state index contributed by atoms with van der Waals surface area (Å²) in [6, 6.07) is 4.19. The average Bonchev–Trinajstić information content (AvgIpc) is 3.21. The maximum atomic E-state index is 5.85. The molecule has 1 aliphatic heterocycles. The molecule has 1 saturated heterocycles. The number of aliphatic imine (C=N–C) groups is 1. The van der Waals surface area contributed by atoms with Crippen LogP contribution in [0.15, 0.2) is 33.9 Å². The quantitative estimate of drug-likeness (QED) is 0.572. The summed E-state index contributed by atoms with van der Waals surface area (Å²) in [5.41, 5.74) is 1.11. The molecule has 7 heteroatoms. The van der Waals surface area contributed by atoms with Crippen molar-refractivity contribution in [3.8, 4) is 0 Å². The van der Waals surface area contributed by atoms with Crippen LogP contribution in [-0.4, -0.2) is 35.6 Å². The van der Waals surface area contributed by atoms with Crippen molar-refractivity contribution in [3.63, 3.8) is 0 Å². The number of aromatic nitrogens is 2. The molecule has 0 aromatic carbocycles. The van der Waals surface area contributed by atoms with Gasteiger partial charge in [0.05, 0.1) is 19.3 Å². The third-order valence-corrected chi connectivity index (χ3v) is 4.95. The first-order valence-corrected chi connectivity index (χ1v) is 10.6. The van der Waals surface area contributed by atoms with E-state index in [-0.39, 0.29) is 5.41 Å². The van der Waals surface area contributed by atoms with Gasteiger partial charge >= 0.3 is 0 Å². The van der Waals surface area contributed by atoms with Crippen molar-refractivity contribution >= 4 is 11.8 Å². The van der Waals surface area contributed by atoms with E-state index in [0.717, 1.165) is 42.7 Å². The molecule has 158 valence electrons. The predicted molar refractivity (Wildman–Crippen MR) is 117 cm³/mol. The van der Waals surface area contributed by atoms with Crippen molar-refractivity contribution in [2.45, 2.75) is 65.5 Å². The second kappa shape index (κ2) is 9.76. The molecule has 0 atom stereocenters. The van der Waals surface area contributed by atoms with Crippen LogP contribution in [-0.2, 0) is 18.5 Å². The maximum absolute atomic E-state index is 5.85. The first kappa shape index (κ1) is 21.1. The van der Waals surface area contributed by atoms with Gasteiger partial charge in [-0.1, -0.05) is 20.8 Å². The van der Waals surface area contributed by atoms with Crippen molar-refractivity contribution in [1.29, 1.82) is 0 Å². The number of piperidine rings is 1. The normalized spacial score (nSPS) is 15.4. The van der Waals surface area contributed by atoms with E-state index in [1.807, 2.05) is 12.3 Å². The van der Waals surface area contributed by atoms with Gasteiger partial charge in [-0.05, 0) is 43.9 Å². The van der Waals surface area contributed by atoms with Crippen LogP contribution in [0.1, 0.15) is 64.2 Å². The van der Waals surface area contributed by atoms with E-state index in [4.69, 9.17) is 9.41 Å². The summed E-state index contributed by atoms with van der Waals surface area (Å²) in [6.07, 6.45) is 7.50. The molecule has 0 bridgehead atoms.